The number of carbonyl (C=O) groups excluding carboxylic acids is 1. The van der Waals surface area contributed by atoms with Gasteiger partial charge in [0, 0.05) is 12.7 Å². The number of aromatic nitrogens is 4. The van der Waals surface area contributed by atoms with Gasteiger partial charge in [0.1, 0.15) is 0 Å². The van der Waals surface area contributed by atoms with Crippen LogP contribution in [0.2, 0.25) is 0 Å². The normalized spacial score (nSPS) is 10.6. The Hall–Kier alpha value is -1.41. The van der Waals surface area contributed by atoms with Crippen LogP contribution in [0.5, 0.6) is 0 Å². The molecule has 2 aromatic rings. The van der Waals surface area contributed by atoms with Crippen molar-refractivity contribution in [2.75, 3.05) is 11.1 Å². The number of anilines is 1. The van der Waals surface area contributed by atoms with Crippen molar-refractivity contribution in [3.05, 3.63) is 18.0 Å². The fourth-order valence-corrected chi connectivity index (χ4v) is 2.91. The predicted octanol–water partition coefficient (Wildman–Crippen LogP) is 2.12. The van der Waals surface area contributed by atoms with E-state index in [0.29, 0.717) is 10.8 Å². The lowest BCUT2D eigenvalue weighted by Crippen LogP contribution is -2.13. The van der Waals surface area contributed by atoms with Crippen molar-refractivity contribution in [2.24, 2.45) is 0 Å². The zero-order valence-corrected chi connectivity index (χ0v) is 11.7. The van der Waals surface area contributed by atoms with E-state index in [4.69, 9.17) is 0 Å². The molecule has 0 radical (unpaired) electrons. The predicted molar refractivity (Wildman–Crippen MR) is 72.2 cm³/mol. The van der Waals surface area contributed by atoms with Gasteiger partial charge in [-0.2, -0.15) is 5.10 Å². The molecule has 1 amide bonds. The van der Waals surface area contributed by atoms with Gasteiger partial charge in [-0.25, -0.2) is 0 Å². The number of hydrogen-bond acceptors (Lipinski definition) is 6. The first-order chi connectivity index (χ1) is 8.72. The van der Waals surface area contributed by atoms with E-state index in [-0.39, 0.29) is 5.91 Å². The molecule has 8 heteroatoms. The molecule has 2 rings (SSSR count). The third-order valence-corrected chi connectivity index (χ3v) is 3.95. The summed E-state index contributed by atoms with van der Waals surface area (Å²) >= 11 is 2.97. The highest BCUT2D eigenvalue weighted by atomic mass is 32.2. The molecule has 0 aliphatic heterocycles. The Kier molecular flexibility index (Phi) is 4.32. The summed E-state index contributed by atoms with van der Waals surface area (Å²) in [5.41, 5.74) is 0.386. The van der Waals surface area contributed by atoms with Gasteiger partial charge in [0.25, 0.3) is 5.91 Å². The van der Waals surface area contributed by atoms with Crippen molar-refractivity contribution in [2.45, 2.75) is 24.7 Å². The van der Waals surface area contributed by atoms with E-state index in [2.05, 4.69) is 20.6 Å². The van der Waals surface area contributed by atoms with Crippen LogP contribution in [-0.2, 0) is 6.54 Å². The average molecular weight is 283 g/mol. The maximum Gasteiger partial charge on any atom is 0.277 e. The Bertz CT molecular complexity index is 536. The molecule has 18 heavy (non-hydrogen) atoms. The van der Waals surface area contributed by atoms with Crippen LogP contribution in [0, 0.1) is 0 Å². The third kappa shape index (κ3) is 3.08. The first-order valence-corrected chi connectivity index (χ1v) is 7.34. The quantitative estimate of drug-likeness (QED) is 0.672. The molecule has 0 aliphatic rings. The summed E-state index contributed by atoms with van der Waals surface area (Å²) in [7, 11) is 0. The van der Waals surface area contributed by atoms with Crippen LogP contribution < -0.4 is 5.32 Å². The summed E-state index contributed by atoms with van der Waals surface area (Å²) in [6.45, 7) is 4.75. The number of thioether (sulfide) groups is 1. The van der Waals surface area contributed by atoms with Crippen molar-refractivity contribution in [1.29, 1.82) is 0 Å². The minimum atomic E-state index is -0.258. The van der Waals surface area contributed by atoms with Gasteiger partial charge in [0.15, 0.2) is 10.0 Å². The zero-order valence-electron chi connectivity index (χ0n) is 10.1. The number of hydrogen-bond donors (Lipinski definition) is 1. The van der Waals surface area contributed by atoms with Crippen molar-refractivity contribution >= 4 is 34.1 Å². The minimum absolute atomic E-state index is 0.258. The molecule has 0 aromatic carbocycles. The topological polar surface area (TPSA) is 72.7 Å². The maximum atomic E-state index is 11.9. The van der Waals surface area contributed by atoms with Crippen LogP contribution in [0.3, 0.4) is 0 Å². The molecule has 0 aliphatic carbocycles. The second-order valence-corrected chi connectivity index (χ2v) is 5.81. The Balaban J connectivity index is 2.01. The molecule has 0 saturated carbocycles. The number of amides is 1. The molecule has 1 N–H and O–H groups in total. The van der Waals surface area contributed by atoms with Gasteiger partial charge in [0.2, 0.25) is 5.13 Å². The van der Waals surface area contributed by atoms with Crippen molar-refractivity contribution in [3.8, 4) is 0 Å². The molecular formula is C10H13N5OS2. The molecule has 6 nitrogen and oxygen atoms in total. The van der Waals surface area contributed by atoms with Crippen LogP contribution in [0.25, 0.3) is 0 Å². The van der Waals surface area contributed by atoms with Crippen molar-refractivity contribution in [3.63, 3.8) is 0 Å². The van der Waals surface area contributed by atoms with Crippen LogP contribution in [0.1, 0.15) is 24.3 Å². The molecule has 0 bridgehead atoms. The van der Waals surface area contributed by atoms with Crippen molar-refractivity contribution < 1.29 is 4.79 Å². The lowest BCUT2D eigenvalue weighted by Gasteiger charge is -1.96. The molecule has 2 heterocycles. The van der Waals surface area contributed by atoms with Crippen LogP contribution >= 0.6 is 23.1 Å². The summed E-state index contributed by atoms with van der Waals surface area (Å²) in [5, 5.41) is 15.2. The maximum absolute atomic E-state index is 11.9. The smallest absolute Gasteiger partial charge is 0.277 e. The zero-order chi connectivity index (χ0) is 13.0. The summed E-state index contributed by atoms with van der Waals surface area (Å²) in [6, 6.07) is 1.68. The Morgan fingerprint density at radius 3 is 3.00 bits per heavy atom. The number of aryl methyl sites for hydroxylation is 1. The molecular weight excluding hydrogens is 270 g/mol. The molecule has 2 aromatic heterocycles. The Labute approximate surface area is 113 Å². The molecule has 0 spiro atoms. The molecule has 0 atom stereocenters. The van der Waals surface area contributed by atoms with E-state index in [1.165, 1.54) is 11.3 Å². The van der Waals surface area contributed by atoms with Crippen molar-refractivity contribution in [1.82, 2.24) is 20.0 Å². The number of carbonyl (C=O) groups is 1. The molecule has 96 valence electrons. The monoisotopic (exact) mass is 283 g/mol. The largest absolute Gasteiger partial charge is 0.295 e. The highest BCUT2D eigenvalue weighted by molar-refractivity contribution is 8.01. The van der Waals surface area contributed by atoms with Crippen LogP contribution in [0.4, 0.5) is 5.13 Å². The van der Waals surface area contributed by atoms with Gasteiger partial charge >= 0.3 is 0 Å². The van der Waals surface area contributed by atoms with E-state index < -0.39 is 0 Å². The van der Waals surface area contributed by atoms with E-state index in [0.717, 1.165) is 16.6 Å². The lowest BCUT2D eigenvalue weighted by atomic mass is 10.4. The van der Waals surface area contributed by atoms with Gasteiger partial charge in [-0.05, 0) is 18.7 Å². The highest BCUT2D eigenvalue weighted by Crippen LogP contribution is 2.25. The number of rotatable bonds is 5. The summed E-state index contributed by atoms with van der Waals surface area (Å²) in [5.74, 6) is 0.676. The van der Waals surface area contributed by atoms with E-state index in [1.54, 1.807) is 28.7 Å². The Morgan fingerprint density at radius 2 is 2.33 bits per heavy atom. The molecule has 0 fully saturated rings. The van der Waals surface area contributed by atoms with E-state index in [1.807, 2.05) is 13.8 Å². The second kappa shape index (κ2) is 5.96. The van der Waals surface area contributed by atoms with Gasteiger partial charge in [-0.1, -0.05) is 30.0 Å². The lowest BCUT2D eigenvalue weighted by molar-refractivity contribution is 0.102. The highest BCUT2D eigenvalue weighted by Gasteiger charge is 2.12. The van der Waals surface area contributed by atoms with Gasteiger partial charge in [0.05, 0.1) is 0 Å². The SMILES string of the molecule is CCSc1nnc(NC(=O)c2ccn(CC)n2)s1. The summed E-state index contributed by atoms with van der Waals surface area (Å²) < 4.78 is 2.56. The fourth-order valence-electron chi connectivity index (χ4n) is 1.26. The molecule has 0 unspecified atom stereocenters. The number of nitrogens with zero attached hydrogens (tertiary/aromatic N) is 4. The summed E-state index contributed by atoms with van der Waals surface area (Å²) in [6.07, 6.45) is 1.77. The standard InChI is InChI=1S/C10H13N5OS2/c1-3-15-6-5-7(14-15)8(16)11-9-12-13-10(18-9)17-4-2/h5-6H,3-4H2,1-2H3,(H,11,12,16). The first kappa shape index (κ1) is 13.0. The summed E-state index contributed by atoms with van der Waals surface area (Å²) in [4.78, 5) is 11.9. The van der Waals surface area contributed by atoms with Crippen LogP contribution in [-0.4, -0.2) is 31.6 Å². The fraction of sp³-hybridized carbons (Fsp3) is 0.400. The van der Waals surface area contributed by atoms with Gasteiger partial charge in [-0.15, -0.1) is 10.2 Å². The van der Waals surface area contributed by atoms with Gasteiger partial charge in [-0.3, -0.25) is 14.8 Å². The van der Waals surface area contributed by atoms with Gasteiger partial charge < -0.3 is 0 Å². The average Bonchev–Trinajstić information content (AvgIpc) is 2.98. The van der Waals surface area contributed by atoms with Crippen LogP contribution in [0.15, 0.2) is 16.6 Å². The first-order valence-electron chi connectivity index (χ1n) is 5.54. The minimum Gasteiger partial charge on any atom is -0.295 e. The molecule has 0 saturated heterocycles. The Morgan fingerprint density at radius 1 is 1.50 bits per heavy atom. The van der Waals surface area contributed by atoms with E-state index in [9.17, 15) is 4.79 Å². The number of nitrogens with one attached hydrogen (secondary N) is 1. The van der Waals surface area contributed by atoms with E-state index >= 15 is 0 Å². The third-order valence-electron chi connectivity index (χ3n) is 2.09. The second-order valence-electron chi connectivity index (χ2n) is 3.32.